The molecule has 0 spiro atoms. The molecule has 0 saturated carbocycles. The van der Waals surface area contributed by atoms with Gasteiger partial charge in [0.2, 0.25) is 0 Å². The van der Waals surface area contributed by atoms with Crippen LogP contribution in [0.25, 0.3) is 0 Å². The standard InChI is InChI=1S/C17H15ClFNO3/c1-10-7-8-12(18)9-15(10)20-16(21)11(2)23-17(22)13-5-3-4-6-14(13)19/h3-9,11H,1-2H3,(H,20,21)/t11-/m1/s1. The van der Waals surface area contributed by atoms with Crippen LogP contribution in [0.4, 0.5) is 10.1 Å². The molecule has 1 amide bonds. The van der Waals surface area contributed by atoms with Crippen molar-refractivity contribution in [3.05, 3.63) is 64.4 Å². The highest BCUT2D eigenvalue weighted by Gasteiger charge is 2.21. The van der Waals surface area contributed by atoms with Gasteiger partial charge in [-0.15, -0.1) is 0 Å². The molecule has 1 atom stereocenters. The molecule has 1 N–H and O–H groups in total. The molecule has 23 heavy (non-hydrogen) atoms. The monoisotopic (exact) mass is 335 g/mol. The van der Waals surface area contributed by atoms with Crippen LogP contribution < -0.4 is 5.32 Å². The number of hydrogen-bond donors (Lipinski definition) is 1. The van der Waals surface area contributed by atoms with Gasteiger partial charge in [0.25, 0.3) is 5.91 Å². The van der Waals surface area contributed by atoms with Gasteiger partial charge in [0.1, 0.15) is 5.82 Å². The fourth-order valence-electron chi connectivity index (χ4n) is 1.87. The SMILES string of the molecule is Cc1ccc(Cl)cc1NC(=O)[C@@H](C)OC(=O)c1ccccc1F. The quantitative estimate of drug-likeness (QED) is 0.860. The third kappa shape index (κ3) is 4.29. The van der Waals surface area contributed by atoms with E-state index < -0.39 is 23.8 Å². The van der Waals surface area contributed by atoms with E-state index in [-0.39, 0.29) is 5.56 Å². The second kappa shape index (κ2) is 7.24. The number of halogens is 2. The Balaban J connectivity index is 2.04. The zero-order valence-electron chi connectivity index (χ0n) is 12.6. The maximum absolute atomic E-state index is 13.5. The average Bonchev–Trinajstić information content (AvgIpc) is 2.51. The van der Waals surface area contributed by atoms with Crippen molar-refractivity contribution in [2.75, 3.05) is 5.32 Å². The van der Waals surface area contributed by atoms with Crippen LogP contribution in [0.1, 0.15) is 22.8 Å². The van der Waals surface area contributed by atoms with Crippen molar-refractivity contribution in [2.24, 2.45) is 0 Å². The summed E-state index contributed by atoms with van der Waals surface area (Å²) in [6.45, 7) is 3.22. The maximum Gasteiger partial charge on any atom is 0.341 e. The summed E-state index contributed by atoms with van der Waals surface area (Å²) in [6.07, 6.45) is -1.08. The highest BCUT2D eigenvalue weighted by molar-refractivity contribution is 6.31. The van der Waals surface area contributed by atoms with Crippen LogP contribution in [-0.2, 0) is 9.53 Å². The van der Waals surface area contributed by atoms with E-state index in [4.69, 9.17) is 16.3 Å². The van der Waals surface area contributed by atoms with Gasteiger partial charge in [-0.2, -0.15) is 0 Å². The van der Waals surface area contributed by atoms with Crippen LogP contribution >= 0.6 is 11.6 Å². The fraction of sp³-hybridized carbons (Fsp3) is 0.176. The lowest BCUT2D eigenvalue weighted by Gasteiger charge is -2.15. The Hall–Kier alpha value is -2.40. The summed E-state index contributed by atoms with van der Waals surface area (Å²) >= 11 is 5.88. The molecule has 0 saturated heterocycles. The summed E-state index contributed by atoms with van der Waals surface area (Å²) in [4.78, 5) is 24.0. The number of ether oxygens (including phenoxy) is 1. The van der Waals surface area contributed by atoms with Crippen molar-refractivity contribution in [3.63, 3.8) is 0 Å². The number of amides is 1. The fourth-order valence-corrected chi connectivity index (χ4v) is 2.04. The molecule has 2 rings (SSSR count). The molecule has 0 aromatic heterocycles. The minimum Gasteiger partial charge on any atom is -0.449 e. The summed E-state index contributed by atoms with van der Waals surface area (Å²) in [5.41, 5.74) is 1.12. The van der Waals surface area contributed by atoms with E-state index in [0.29, 0.717) is 10.7 Å². The predicted octanol–water partition coefficient (Wildman–Crippen LogP) is 3.97. The molecule has 0 unspecified atom stereocenters. The van der Waals surface area contributed by atoms with Crippen LogP contribution in [0, 0.1) is 12.7 Å². The van der Waals surface area contributed by atoms with Gasteiger partial charge in [0.15, 0.2) is 6.10 Å². The summed E-state index contributed by atoms with van der Waals surface area (Å²) in [5.74, 6) is -2.12. The van der Waals surface area contributed by atoms with E-state index in [1.807, 2.05) is 6.92 Å². The molecule has 0 radical (unpaired) electrons. The van der Waals surface area contributed by atoms with E-state index in [1.165, 1.54) is 25.1 Å². The molecule has 0 bridgehead atoms. The molecule has 0 aliphatic carbocycles. The Kier molecular flexibility index (Phi) is 5.34. The first-order valence-corrected chi connectivity index (χ1v) is 7.29. The second-order valence-electron chi connectivity index (χ2n) is 4.98. The number of carbonyl (C=O) groups is 2. The summed E-state index contributed by atoms with van der Waals surface area (Å²) in [7, 11) is 0. The highest BCUT2D eigenvalue weighted by atomic mass is 35.5. The zero-order chi connectivity index (χ0) is 17.0. The highest BCUT2D eigenvalue weighted by Crippen LogP contribution is 2.20. The zero-order valence-corrected chi connectivity index (χ0v) is 13.4. The van der Waals surface area contributed by atoms with Gasteiger partial charge in [0.05, 0.1) is 5.56 Å². The summed E-state index contributed by atoms with van der Waals surface area (Å²) < 4.78 is 18.5. The van der Waals surface area contributed by atoms with E-state index in [0.717, 1.165) is 11.6 Å². The minimum absolute atomic E-state index is 0.217. The van der Waals surface area contributed by atoms with Gasteiger partial charge in [-0.05, 0) is 43.7 Å². The Bertz CT molecular complexity index is 748. The molecular weight excluding hydrogens is 321 g/mol. The van der Waals surface area contributed by atoms with Gasteiger partial charge >= 0.3 is 5.97 Å². The number of anilines is 1. The number of esters is 1. The van der Waals surface area contributed by atoms with E-state index in [2.05, 4.69) is 5.32 Å². The second-order valence-corrected chi connectivity index (χ2v) is 5.41. The number of aryl methyl sites for hydroxylation is 1. The minimum atomic E-state index is -1.08. The number of nitrogens with one attached hydrogen (secondary N) is 1. The lowest BCUT2D eigenvalue weighted by atomic mass is 10.2. The van der Waals surface area contributed by atoms with Gasteiger partial charge in [-0.25, -0.2) is 9.18 Å². The molecule has 0 fully saturated rings. The van der Waals surface area contributed by atoms with E-state index >= 15 is 0 Å². The third-order valence-corrected chi connectivity index (χ3v) is 3.44. The van der Waals surface area contributed by atoms with Gasteiger partial charge in [-0.1, -0.05) is 29.8 Å². The van der Waals surface area contributed by atoms with E-state index in [9.17, 15) is 14.0 Å². The number of rotatable bonds is 4. The Morgan fingerprint density at radius 1 is 1.22 bits per heavy atom. The lowest BCUT2D eigenvalue weighted by Crippen LogP contribution is -2.30. The summed E-state index contributed by atoms with van der Waals surface area (Å²) in [5, 5.41) is 3.10. The molecule has 0 heterocycles. The van der Waals surface area contributed by atoms with Crippen LogP contribution in [0.2, 0.25) is 5.02 Å². The first kappa shape index (κ1) is 17.0. The molecule has 2 aromatic rings. The molecule has 0 aliphatic rings. The van der Waals surface area contributed by atoms with Crippen LogP contribution in [0.15, 0.2) is 42.5 Å². The largest absolute Gasteiger partial charge is 0.449 e. The van der Waals surface area contributed by atoms with Crippen molar-refractivity contribution < 1.29 is 18.7 Å². The van der Waals surface area contributed by atoms with Crippen molar-refractivity contribution in [1.82, 2.24) is 0 Å². The maximum atomic E-state index is 13.5. The lowest BCUT2D eigenvalue weighted by molar-refractivity contribution is -0.123. The van der Waals surface area contributed by atoms with Gasteiger partial charge in [0, 0.05) is 10.7 Å². The molecule has 0 aliphatic heterocycles. The Morgan fingerprint density at radius 2 is 1.91 bits per heavy atom. The van der Waals surface area contributed by atoms with Crippen LogP contribution in [0.3, 0.4) is 0 Å². The van der Waals surface area contributed by atoms with Crippen LogP contribution in [0.5, 0.6) is 0 Å². The predicted molar refractivity (Wildman–Crippen MR) is 86.1 cm³/mol. The van der Waals surface area contributed by atoms with Crippen molar-refractivity contribution in [1.29, 1.82) is 0 Å². The molecular formula is C17H15ClFNO3. The van der Waals surface area contributed by atoms with Crippen LogP contribution in [-0.4, -0.2) is 18.0 Å². The molecule has 6 heteroatoms. The van der Waals surface area contributed by atoms with Crippen molar-refractivity contribution in [3.8, 4) is 0 Å². The number of carbonyl (C=O) groups excluding carboxylic acids is 2. The van der Waals surface area contributed by atoms with Gasteiger partial charge < -0.3 is 10.1 Å². The topological polar surface area (TPSA) is 55.4 Å². The van der Waals surface area contributed by atoms with Gasteiger partial charge in [-0.3, -0.25) is 4.79 Å². The molecule has 120 valence electrons. The number of benzene rings is 2. The van der Waals surface area contributed by atoms with Crippen molar-refractivity contribution in [2.45, 2.75) is 20.0 Å². The van der Waals surface area contributed by atoms with Crippen molar-refractivity contribution >= 4 is 29.2 Å². The normalized spacial score (nSPS) is 11.7. The Labute approximate surface area is 138 Å². The van der Waals surface area contributed by atoms with E-state index in [1.54, 1.807) is 18.2 Å². The third-order valence-electron chi connectivity index (χ3n) is 3.20. The molecule has 4 nitrogen and oxygen atoms in total. The average molecular weight is 336 g/mol. The smallest absolute Gasteiger partial charge is 0.341 e. The Morgan fingerprint density at radius 3 is 2.61 bits per heavy atom. The number of hydrogen-bond acceptors (Lipinski definition) is 3. The first-order chi connectivity index (χ1) is 10.9. The summed E-state index contributed by atoms with van der Waals surface area (Å²) in [6, 6.07) is 10.5. The first-order valence-electron chi connectivity index (χ1n) is 6.91. The molecule has 2 aromatic carbocycles.